The molecule has 22 heavy (non-hydrogen) atoms. The van der Waals surface area contributed by atoms with Gasteiger partial charge in [-0.1, -0.05) is 25.3 Å². The van der Waals surface area contributed by atoms with E-state index in [9.17, 15) is 9.59 Å². The normalized spacial score (nSPS) is 15.7. The van der Waals surface area contributed by atoms with Gasteiger partial charge >= 0.3 is 12.0 Å². The van der Waals surface area contributed by atoms with Crippen molar-refractivity contribution >= 4 is 12.0 Å². The number of aromatic nitrogens is 1. The zero-order valence-corrected chi connectivity index (χ0v) is 12.8. The molecular formula is C16H23N3O3. The molecule has 0 bridgehead atoms. The van der Waals surface area contributed by atoms with Gasteiger partial charge in [-0.05, 0) is 25.0 Å². The molecule has 1 aromatic rings. The first-order valence-electron chi connectivity index (χ1n) is 7.89. The van der Waals surface area contributed by atoms with Gasteiger partial charge in [0.25, 0.3) is 0 Å². The van der Waals surface area contributed by atoms with Crippen LogP contribution < -0.4 is 5.32 Å². The van der Waals surface area contributed by atoms with Gasteiger partial charge in [0.05, 0.1) is 0 Å². The summed E-state index contributed by atoms with van der Waals surface area (Å²) in [5, 5.41) is 11.8. The molecule has 0 saturated carbocycles. The van der Waals surface area contributed by atoms with Gasteiger partial charge in [0.2, 0.25) is 0 Å². The number of aromatic carboxylic acids is 1. The number of hydrogen-bond acceptors (Lipinski definition) is 3. The third-order valence-electron chi connectivity index (χ3n) is 3.83. The highest BCUT2D eigenvalue weighted by Gasteiger charge is 2.14. The maximum absolute atomic E-state index is 12.1. The van der Waals surface area contributed by atoms with Crippen LogP contribution in [-0.4, -0.2) is 46.6 Å². The third-order valence-corrected chi connectivity index (χ3v) is 3.83. The van der Waals surface area contributed by atoms with Crippen molar-refractivity contribution < 1.29 is 14.7 Å². The van der Waals surface area contributed by atoms with Gasteiger partial charge < -0.3 is 15.3 Å². The standard InChI is InChI=1S/C16H23N3O3/c20-15(21)14-8-6-7-13(18-14)9-10-17-16(22)19-11-4-2-1-3-5-12-19/h6-8H,1-5,9-12H2,(H,17,22)(H,20,21). The van der Waals surface area contributed by atoms with Crippen molar-refractivity contribution in [1.82, 2.24) is 15.2 Å². The Labute approximate surface area is 130 Å². The van der Waals surface area contributed by atoms with E-state index in [1.54, 1.807) is 12.1 Å². The fourth-order valence-corrected chi connectivity index (χ4v) is 2.60. The van der Waals surface area contributed by atoms with E-state index in [-0.39, 0.29) is 11.7 Å². The summed E-state index contributed by atoms with van der Waals surface area (Å²) >= 11 is 0. The molecule has 0 spiro atoms. The summed E-state index contributed by atoms with van der Waals surface area (Å²) in [4.78, 5) is 28.9. The summed E-state index contributed by atoms with van der Waals surface area (Å²) in [6.07, 6.45) is 6.30. The zero-order chi connectivity index (χ0) is 15.8. The quantitative estimate of drug-likeness (QED) is 0.894. The molecule has 1 aromatic heterocycles. The summed E-state index contributed by atoms with van der Waals surface area (Å²) < 4.78 is 0. The largest absolute Gasteiger partial charge is 0.477 e. The number of carbonyl (C=O) groups is 2. The molecule has 0 aliphatic carbocycles. The summed E-state index contributed by atoms with van der Waals surface area (Å²) in [6.45, 7) is 2.10. The molecule has 120 valence electrons. The fourth-order valence-electron chi connectivity index (χ4n) is 2.60. The number of carbonyl (C=O) groups excluding carboxylic acids is 1. The number of nitrogens with zero attached hydrogens (tertiary/aromatic N) is 2. The van der Waals surface area contributed by atoms with Crippen molar-refractivity contribution in [3.63, 3.8) is 0 Å². The van der Waals surface area contributed by atoms with E-state index in [2.05, 4.69) is 10.3 Å². The third kappa shape index (κ3) is 5.02. The predicted molar refractivity (Wildman–Crippen MR) is 83.0 cm³/mol. The van der Waals surface area contributed by atoms with Gasteiger partial charge in [-0.25, -0.2) is 14.6 Å². The number of carboxylic acids is 1. The van der Waals surface area contributed by atoms with Crippen LogP contribution in [0.25, 0.3) is 0 Å². The molecule has 1 aliphatic rings. The fraction of sp³-hybridized carbons (Fsp3) is 0.562. The number of likely N-dealkylation sites (tertiary alicyclic amines) is 1. The molecular weight excluding hydrogens is 282 g/mol. The number of pyridine rings is 1. The molecule has 0 aromatic carbocycles. The molecule has 1 fully saturated rings. The van der Waals surface area contributed by atoms with Crippen molar-refractivity contribution in [1.29, 1.82) is 0 Å². The van der Waals surface area contributed by atoms with Gasteiger partial charge in [0.1, 0.15) is 5.69 Å². The lowest BCUT2D eigenvalue weighted by atomic mass is 10.1. The molecule has 0 radical (unpaired) electrons. The van der Waals surface area contributed by atoms with Crippen molar-refractivity contribution in [3.8, 4) is 0 Å². The van der Waals surface area contributed by atoms with Crippen LogP contribution >= 0.6 is 0 Å². The smallest absolute Gasteiger partial charge is 0.354 e. The number of carboxylic acid groups (broad SMARTS) is 1. The highest BCUT2D eigenvalue weighted by atomic mass is 16.4. The minimum Gasteiger partial charge on any atom is -0.477 e. The Morgan fingerprint density at radius 2 is 1.82 bits per heavy atom. The van der Waals surface area contributed by atoms with Gasteiger partial charge in [0, 0.05) is 31.7 Å². The van der Waals surface area contributed by atoms with Gasteiger partial charge in [-0.3, -0.25) is 0 Å². The van der Waals surface area contributed by atoms with E-state index in [4.69, 9.17) is 5.11 Å². The topological polar surface area (TPSA) is 82.5 Å². The highest BCUT2D eigenvalue weighted by Crippen LogP contribution is 2.10. The molecule has 0 unspecified atom stereocenters. The molecule has 6 nitrogen and oxygen atoms in total. The van der Waals surface area contributed by atoms with Crippen molar-refractivity contribution in [2.75, 3.05) is 19.6 Å². The molecule has 0 atom stereocenters. The van der Waals surface area contributed by atoms with Crippen LogP contribution in [0.1, 0.15) is 48.3 Å². The van der Waals surface area contributed by atoms with E-state index in [1.165, 1.54) is 25.3 Å². The lowest BCUT2D eigenvalue weighted by Gasteiger charge is -2.25. The van der Waals surface area contributed by atoms with Crippen molar-refractivity contribution in [2.45, 2.75) is 38.5 Å². The monoisotopic (exact) mass is 305 g/mol. The van der Waals surface area contributed by atoms with Gasteiger partial charge in [0.15, 0.2) is 0 Å². The molecule has 1 aliphatic heterocycles. The van der Waals surface area contributed by atoms with Crippen molar-refractivity contribution in [2.24, 2.45) is 0 Å². The highest BCUT2D eigenvalue weighted by molar-refractivity contribution is 5.85. The minimum absolute atomic E-state index is 0.0312. The van der Waals surface area contributed by atoms with E-state index in [0.717, 1.165) is 25.9 Å². The Balaban J connectivity index is 1.78. The van der Waals surface area contributed by atoms with E-state index < -0.39 is 5.97 Å². The lowest BCUT2D eigenvalue weighted by Crippen LogP contribution is -2.42. The number of urea groups is 1. The first kappa shape index (κ1) is 16.3. The van der Waals surface area contributed by atoms with E-state index >= 15 is 0 Å². The van der Waals surface area contributed by atoms with Crippen molar-refractivity contribution in [3.05, 3.63) is 29.6 Å². The Morgan fingerprint density at radius 3 is 2.50 bits per heavy atom. The summed E-state index contributed by atoms with van der Waals surface area (Å²) in [5.41, 5.74) is 0.709. The Bertz CT molecular complexity index is 511. The van der Waals surface area contributed by atoms with Crippen LogP contribution in [-0.2, 0) is 6.42 Å². The molecule has 2 heterocycles. The van der Waals surface area contributed by atoms with Crippen LogP contribution in [0, 0.1) is 0 Å². The molecule has 2 rings (SSSR count). The van der Waals surface area contributed by atoms with Crippen LogP contribution in [0.15, 0.2) is 18.2 Å². The Morgan fingerprint density at radius 1 is 1.14 bits per heavy atom. The number of amides is 2. The van der Waals surface area contributed by atoms with Gasteiger partial charge in [-0.2, -0.15) is 0 Å². The first-order chi connectivity index (χ1) is 10.7. The second kappa shape index (κ2) is 8.36. The minimum atomic E-state index is -1.04. The van der Waals surface area contributed by atoms with Crippen LogP contribution in [0.5, 0.6) is 0 Å². The molecule has 2 N–H and O–H groups in total. The average molecular weight is 305 g/mol. The summed E-state index contributed by atoms with van der Waals surface area (Å²) in [5.74, 6) is -1.04. The van der Waals surface area contributed by atoms with E-state index in [1.807, 2.05) is 4.90 Å². The second-order valence-corrected chi connectivity index (χ2v) is 5.56. The predicted octanol–water partition coefficient (Wildman–Crippen LogP) is 2.30. The molecule has 1 saturated heterocycles. The Hall–Kier alpha value is -2.11. The second-order valence-electron chi connectivity index (χ2n) is 5.56. The average Bonchev–Trinajstić information content (AvgIpc) is 2.47. The summed E-state index contributed by atoms with van der Waals surface area (Å²) in [7, 11) is 0. The Kier molecular flexibility index (Phi) is 6.18. The van der Waals surface area contributed by atoms with Crippen LogP contribution in [0.2, 0.25) is 0 Å². The first-order valence-corrected chi connectivity index (χ1v) is 7.89. The maximum atomic E-state index is 12.1. The zero-order valence-electron chi connectivity index (χ0n) is 12.8. The number of hydrogen-bond donors (Lipinski definition) is 2. The number of nitrogens with one attached hydrogen (secondary N) is 1. The number of rotatable bonds is 4. The van der Waals surface area contributed by atoms with Gasteiger partial charge in [-0.15, -0.1) is 0 Å². The summed E-state index contributed by atoms with van der Waals surface area (Å²) in [6, 6.07) is 4.88. The van der Waals surface area contributed by atoms with Crippen LogP contribution in [0.4, 0.5) is 4.79 Å². The maximum Gasteiger partial charge on any atom is 0.354 e. The molecule has 6 heteroatoms. The lowest BCUT2D eigenvalue weighted by molar-refractivity contribution is 0.0690. The van der Waals surface area contributed by atoms with Crippen LogP contribution in [0.3, 0.4) is 0 Å². The van der Waals surface area contributed by atoms with E-state index in [0.29, 0.717) is 18.7 Å². The SMILES string of the molecule is O=C(O)c1cccc(CCNC(=O)N2CCCCCCC2)n1. The molecule has 2 amide bonds.